The first-order valence-electron chi connectivity index (χ1n) is 10.5. The lowest BCUT2D eigenvalue weighted by Gasteiger charge is -2.27. The minimum atomic E-state index is -0.543. The van der Waals surface area contributed by atoms with Gasteiger partial charge >= 0.3 is 5.97 Å². The van der Waals surface area contributed by atoms with Gasteiger partial charge in [-0.1, -0.05) is 19.9 Å². The van der Waals surface area contributed by atoms with E-state index in [1.54, 1.807) is 0 Å². The zero-order valence-electron chi connectivity index (χ0n) is 18.8. The fraction of sp³-hybridized carbons (Fsp3) is 0.636. The van der Waals surface area contributed by atoms with Crippen LogP contribution in [-0.2, 0) is 20.7 Å². The normalized spacial score (nSPS) is 12.5. The molecule has 0 aliphatic heterocycles. The van der Waals surface area contributed by atoms with E-state index in [0.717, 1.165) is 17.4 Å². The van der Waals surface area contributed by atoms with Gasteiger partial charge in [0.15, 0.2) is 0 Å². The van der Waals surface area contributed by atoms with Crippen molar-refractivity contribution in [1.29, 1.82) is 0 Å². The van der Waals surface area contributed by atoms with Crippen molar-refractivity contribution in [3.05, 3.63) is 29.3 Å². The molecule has 0 aromatic heterocycles. The summed E-state index contributed by atoms with van der Waals surface area (Å²) < 4.78 is 5.48. The number of anilines is 1. The van der Waals surface area contributed by atoms with Crippen molar-refractivity contribution in [3.63, 3.8) is 0 Å². The third kappa shape index (κ3) is 9.72. The van der Waals surface area contributed by atoms with Crippen molar-refractivity contribution < 1.29 is 14.3 Å². The number of halogens is 2. The summed E-state index contributed by atoms with van der Waals surface area (Å²) in [7, 11) is 0.189. The van der Waals surface area contributed by atoms with Crippen molar-refractivity contribution in [1.82, 2.24) is 5.23 Å². The molecule has 0 heterocycles. The number of rotatable bonds is 13. The van der Waals surface area contributed by atoms with Gasteiger partial charge in [0.2, 0.25) is 0 Å². The molecule has 0 fully saturated rings. The Morgan fingerprint density at radius 3 is 2.37 bits per heavy atom. The summed E-state index contributed by atoms with van der Waals surface area (Å²) in [6, 6.07) is 6.18. The monoisotopic (exact) mass is 456 g/mol. The number of benzene rings is 1. The molecule has 5 nitrogen and oxygen atoms in total. The molecule has 30 heavy (non-hydrogen) atoms. The molecular formula is C22H35BCl2N2O3. The van der Waals surface area contributed by atoms with Crippen LogP contribution in [0.3, 0.4) is 0 Å². The second-order valence-electron chi connectivity index (χ2n) is 8.67. The van der Waals surface area contributed by atoms with Gasteiger partial charge in [-0.3, -0.25) is 4.79 Å². The average Bonchev–Trinajstić information content (AvgIpc) is 2.64. The zero-order chi connectivity index (χ0) is 22.7. The molecule has 1 rings (SSSR count). The predicted octanol–water partition coefficient (Wildman–Crippen LogP) is 3.87. The predicted molar refractivity (Wildman–Crippen MR) is 129 cm³/mol. The Balaban J connectivity index is 3.15. The molecule has 0 unspecified atom stereocenters. The van der Waals surface area contributed by atoms with Crippen molar-refractivity contribution in [2.45, 2.75) is 65.0 Å². The van der Waals surface area contributed by atoms with Gasteiger partial charge in [-0.2, -0.15) is 0 Å². The van der Waals surface area contributed by atoms with Gasteiger partial charge in [-0.15, -0.1) is 23.2 Å². The summed E-state index contributed by atoms with van der Waals surface area (Å²) in [5.74, 6) is 1.08. The van der Waals surface area contributed by atoms with Gasteiger partial charge in [0.25, 0.3) is 7.41 Å². The average molecular weight is 457 g/mol. The van der Waals surface area contributed by atoms with Crippen molar-refractivity contribution >= 4 is 48.5 Å². The first-order valence-corrected chi connectivity index (χ1v) is 11.6. The Bertz CT molecular complexity index is 675. The SMILES string of the molecule is CC(C)c1ccc(N(CCCl)CCCl)cc1C[C@@H](CC(=O)OC(C)(C)C)NBC=O. The Labute approximate surface area is 192 Å². The zero-order valence-corrected chi connectivity index (χ0v) is 20.4. The summed E-state index contributed by atoms with van der Waals surface area (Å²) in [5, 5.41) is 3.18. The second-order valence-corrected chi connectivity index (χ2v) is 9.43. The van der Waals surface area contributed by atoms with Crippen LogP contribution in [0.5, 0.6) is 0 Å². The van der Waals surface area contributed by atoms with E-state index in [0.29, 0.717) is 37.2 Å². The van der Waals surface area contributed by atoms with E-state index in [9.17, 15) is 9.59 Å². The second kappa shape index (κ2) is 13.2. The Hall–Kier alpha value is -1.24. The van der Waals surface area contributed by atoms with Gasteiger partial charge in [-0.25, -0.2) is 0 Å². The summed E-state index contributed by atoms with van der Waals surface area (Å²) in [5.41, 5.74) is 2.88. The molecule has 168 valence electrons. The number of nitrogens with one attached hydrogen (secondary N) is 1. The van der Waals surface area contributed by atoms with Gasteiger partial charge in [-0.05, 0) is 56.4 Å². The molecule has 0 saturated carbocycles. The molecule has 0 bridgehead atoms. The number of hydrogen-bond acceptors (Lipinski definition) is 5. The molecule has 8 heteroatoms. The lowest BCUT2D eigenvalue weighted by atomic mass is 9.88. The molecular weight excluding hydrogens is 422 g/mol. The van der Waals surface area contributed by atoms with Crippen LogP contribution in [0, 0.1) is 0 Å². The number of carbonyl (C=O) groups is 2. The molecule has 1 N–H and O–H groups in total. The molecule has 0 aliphatic rings. The highest BCUT2D eigenvalue weighted by molar-refractivity contribution is 6.64. The number of esters is 1. The van der Waals surface area contributed by atoms with E-state index in [-0.39, 0.29) is 25.8 Å². The molecule has 1 atom stereocenters. The Morgan fingerprint density at radius 2 is 1.87 bits per heavy atom. The van der Waals surface area contributed by atoms with Crippen LogP contribution in [0.4, 0.5) is 5.69 Å². The summed E-state index contributed by atoms with van der Waals surface area (Å²) in [6.07, 6.45) is 1.62. The maximum Gasteiger partial charge on any atom is 0.307 e. The van der Waals surface area contributed by atoms with E-state index in [1.165, 1.54) is 5.56 Å². The molecule has 0 radical (unpaired) electrons. The fourth-order valence-electron chi connectivity index (χ4n) is 3.38. The fourth-order valence-corrected chi connectivity index (χ4v) is 3.79. The van der Waals surface area contributed by atoms with Gasteiger partial charge in [0.1, 0.15) is 5.60 Å². The number of ether oxygens (including phenoxy) is 1. The molecule has 0 saturated heterocycles. The quantitative estimate of drug-likeness (QED) is 0.211. The van der Waals surface area contributed by atoms with Crippen LogP contribution in [0.25, 0.3) is 0 Å². The van der Waals surface area contributed by atoms with E-state index in [1.807, 2.05) is 20.8 Å². The van der Waals surface area contributed by atoms with Crippen LogP contribution < -0.4 is 10.1 Å². The first kappa shape index (κ1) is 26.8. The minimum Gasteiger partial charge on any atom is -0.460 e. The molecule has 0 aliphatic carbocycles. The topological polar surface area (TPSA) is 58.6 Å². The molecule has 1 aromatic carbocycles. The largest absolute Gasteiger partial charge is 0.460 e. The third-order valence-corrected chi connectivity index (χ3v) is 4.95. The van der Waals surface area contributed by atoms with Crippen molar-refractivity contribution in [3.8, 4) is 0 Å². The lowest BCUT2D eigenvalue weighted by molar-refractivity contribution is -0.155. The van der Waals surface area contributed by atoms with E-state index in [4.69, 9.17) is 27.9 Å². The maximum absolute atomic E-state index is 12.4. The highest BCUT2D eigenvalue weighted by atomic mass is 35.5. The number of alkyl halides is 2. The summed E-state index contributed by atoms with van der Waals surface area (Å²) in [4.78, 5) is 25.5. The van der Waals surface area contributed by atoms with Gasteiger partial charge < -0.3 is 19.7 Å². The Kier molecular flexibility index (Phi) is 11.8. The van der Waals surface area contributed by atoms with Crippen LogP contribution in [0.2, 0.25) is 0 Å². The first-order chi connectivity index (χ1) is 14.1. The smallest absolute Gasteiger partial charge is 0.307 e. The van der Waals surface area contributed by atoms with Gasteiger partial charge in [0.05, 0.1) is 12.6 Å². The van der Waals surface area contributed by atoms with Crippen LogP contribution in [0.1, 0.15) is 58.1 Å². The van der Waals surface area contributed by atoms with Crippen LogP contribution in [0.15, 0.2) is 18.2 Å². The lowest BCUT2D eigenvalue weighted by Crippen LogP contribution is -2.38. The molecule has 1 aromatic rings. The highest BCUT2D eigenvalue weighted by Crippen LogP contribution is 2.27. The standard InChI is InChI=1S/C22H35BCl2N2O3/c1-16(2)20-7-6-19(27(10-8-24)11-9-25)13-17(20)12-18(26-23-15-28)14-21(29)30-22(3,4)5/h6-7,13,15-16,18,23,26H,8-12,14H2,1-5H3/t18-/m0/s1. The van der Waals surface area contributed by atoms with E-state index in [2.05, 4.69) is 42.2 Å². The third-order valence-electron chi connectivity index (χ3n) is 4.61. The number of nitrogens with zero attached hydrogens (tertiary/aromatic N) is 1. The summed E-state index contributed by atoms with van der Waals surface area (Å²) >= 11 is 12.0. The maximum atomic E-state index is 12.4. The minimum absolute atomic E-state index is 0.189. The summed E-state index contributed by atoms with van der Waals surface area (Å²) in [6.45, 7) is 11.3. The van der Waals surface area contributed by atoms with E-state index < -0.39 is 5.60 Å². The molecule has 0 amide bonds. The Morgan fingerprint density at radius 1 is 1.23 bits per heavy atom. The highest BCUT2D eigenvalue weighted by Gasteiger charge is 2.22. The number of hydrogen-bond donors (Lipinski definition) is 1. The van der Waals surface area contributed by atoms with Crippen LogP contribution in [-0.4, -0.2) is 56.1 Å². The van der Waals surface area contributed by atoms with Crippen molar-refractivity contribution in [2.75, 3.05) is 29.7 Å². The van der Waals surface area contributed by atoms with Gasteiger partial charge in [0, 0.05) is 36.6 Å². The van der Waals surface area contributed by atoms with E-state index >= 15 is 0 Å². The number of carbonyl (C=O) groups excluding carboxylic acids is 2. The van der Waals surface area contributed by atoms with Crippen molar-refractivity contribution in [2.24, 2.45) is 0 Å². The molecule has 0 spiro atoms. The van der Waals surface area contributed by atoms with Crippen LogP contribution >= 0.6 is 23.2 Å².